The number of fused-ring (bicyclic) bond motifs is 9. The van der Waals surface area contributed by atoms with Crippen LogP contribution in [0.3, 0.4) is 0 Å². The predicted molar refractivity (Wildman–Crippen MR) is 244 cm³/mol. The van der Waals surface area contributed by atoms with Gasteiger partial charge in [0, 0.05) is 67.0 Å². The maximum absolute atomic E-state index is 12.0. The van der Waals surface area contributed by atoms with Crippen molar-refractivity contribution in [2.75, 3.05) is 0 Å². The zero-order valence-corrected chi connectivity index (χ0v) is 34.5. The Kier molecular flexibility index (Phi) is 9.00. The van der Waals surface area contributed by atoms with E-state index in [1.54, 1.807) is 48.8 Å². The van der Waals surface area contributed by atoms with Crippen LogP contribution in [-0.2, 0) is 20.8 Å². The molecule has 2 N–H and O–H groups in total. The normalized spacial score (nSPS) is 12.2. The Labute approximate surface area is 363 Å². The summed E-state index contributed by atoms with van der Waals surface area (Å²) in [5.74, 6) is -0.331. The Hall–Kier alpha value is -8.02. The zero-order chi connectivity index (χ0) is 43.7. The summed E-state index contributed by atoms with van der Waals surface area (Å²) in [4.78, 5) is 29.0. The van der Waals surface area contributed by atoms with Crippen LogP contribution < -0.4 is 8.37 Å². The molecule has 11 rings (SSSR count). The molecule has 11 aromatic rings. The first kappa shape index (κ1) is 38.9. The number of aromatic nitrogens is 6. The highest BCUT2D eigenvalue weighted by Crippen LogP contribution is 2.37. The highest BCUT2D eigenvalue weighted by atomic mass is 32.3. The first-order valence-electron chi connectivity index (χ1n) is 19.5. The number of nitrogens with zero attached hydrogens (tertiary/aromatic N) is 6. The lowest BCUT2D eigenvalue weighted by atomic mass is 10.0. The molecule has 0 radical (unpaired) electrons. The van der Waals surface area contributed by atoms with E-state index in [9.17, 15) is 25.9 Å². The van der Waals surface area contributed by atoms with Gasteiger partial charge in [-0.15, -0.1) is 0 Å². The highest BCUT2D eigenvalue weighted by Gasteiger charge is 2.18. The quantitative estimate of drug-likeness (QED) is 0.108. The summed E-state index contributed by atoms with van der Waals surface area (Å²) in [6, 6.07) is 43.3. The number of hydrogen-bond acceptors (Lipinski definition) is 12. The maximum Gasteiger partial charge on any atom is 0.446 e. The first-order valence-corrected chi connectivity index (χ1v) is 22.3. The lowest BCUT2D eigenvalue weighted by molar-refractivity contribution is 0.384. The van der Waals surface area contributed by atoms with Gasteiger partial charge in [-0.05, 0) is 72.8 Å². The van der Waals surface area contributed by atoms with Crippen molar-refractivity contribution in [2.24, 2.45) is 0 Å². The van der Waals surface area contributed by atoms with Crippen LogP contribution >= 0.6 is 0 Å². The fourth-order valence-electron chi connectivity index (χ4n) is 7.99. The Morgan fingerprint density at radius 2 is 0.609 bits per heavy atom. The molecule has 6 aromatic heterocycles. The van der Waals surface area contributed by atoms with E-state index in [0.717, 1.165) is 32.3 Å². The van der Waals surface area contributed by atoms with Gasteiger partial charge in [-0.25, -0.2) is 19.9 Å². The standard InChI is InChI=1S/C48H28N6O8S2/c55-63(56,57)61-37-23-33(39-15-11-29-7-5-27-3-1-19-49-43(27)45(29)51-39)21-35(25-37)41-17-13-31-9-10-32-14-18-42(54-48(32)47(31)53-41)36-22-34(24-38(26-36)62-64(58,59)60)40-16-12-30-8-6-28-4-2-20-50-44(28)46(30)52-40/h1-26H,(H,55,56,57)(H,58,59,60). The van der Waals surface area contributed by atoms with Crippen LogP contribution in [0.25, 0.3) is 110 Å². The molecule has 0 saturated carbocycles. The van der Waals surface area contributed by atoms with Crippen LogP contribution in [0.15, 0.2) is 158 Å². The van der Waals surface area contributed by atoms with Crippen LogP contribution in [0.2, 0.25) is 0 Å². The molecule has 0 unspecified atom stereocenters. The van der Waals surface area contributed by atoms with Gasteiger partial charge < -0.3 is 8.37 Å². The summed E-state index contributed by atoms with van der Waals surface area (Å²) in [6.07, 6.45) is 3.38. The average molecular weight is 881 g/mol. The molecule has 0 aliphatic carbocycles. The van der Waals surface area contributed by atoms with Gasteiger partial charge in [0.25, 0.3) is 0 Å². The minimum atomic E-state index is -4.91. The van der Waals surface area contributed by atoms with Gasteiger partial charge in [0.2, 0.25) is 0 Å². The van der Waals surface area contributed by atoms with Crippen LogP contribution in [-0.4, -0.2) is 55.8 Å². The lowest BCUT2D eigenvalue weighted by Gasteiger charge is -2.12. The third-order valence-corrected chi connectivity index (χ3v) is 11.6. The second-order valence-corrected chi connectivity index (χ2v) is 17.0. The summed E-state index contributed by atoms with van der Waals surface area (Å²) in [5.41, 5.74) is 7.43. The molecule has 64 heavy (non-hydrogen) atoms. The number of hydrogen-bond donors (Lipinski definition) is 2. The molecule has 14 nitrogen and oxygen atoms in total. The number of benzene rings is 5. The van der Waals surface area contributed by atoms with E-state index in [2.05, 4.69) is 9.97 Å². The van der Waals surface area contributed by atoms with E-state index < -0.39 is 20.8 Å². The van der Waals surface area contributed by atoms with Gasteiger partial charge in [0.05, 0.1) is 55.9 Å². The van der Waals surface area contributed by atoms with Crippen LogP contribution in [0.4, 0.5) is 0 Å². The Morgan fingerprint density at radius 1 is 0.344 bits per heavy atom. The molecular formula is C48H28N6O8S2. The molecule has 0 aliphatic heterocycles. The molecular weight excluding hydrogens is 853 g/mol. The predicted octanol–water partition coefficient (Wildman–Crippen LogP) is 10.0. The van der Waals surface area contributed by atoms with E-state index in [-0.39, 0.29) is 11.5 Å². The van der Waals surface area contributed by atoms with Crippen LogP contribution in [0.5, 0.6) is 11.5 Å². The largest absolute Gasteiger partial charge is 0.446 e. The fourth-order valence-corrected chi connectivity index (χ4v) is 8.67. The molecule has 0 bridgehead atoms. The van der Waals surface area contributed by atoms with Crippen molar-refractivity contribution < 1.29 is 34.3 Å². The lowest BCUT2D eigenvalue weighted by Crippen LogP contribution is -2.07. The topological polar surface area (TPSA) is 205 Å². The van der Waals surface area contributed by atoms with Crippen LogP contribution in [0, 0.1) is 0 Å². The first-order chi connectivity index (χ1) is 30.9. The van der Waals surface area contributed by atoms with Crippen molar-refractivity contribution in [1.82, 2.24) is 29.9 Å². The molecule has 310 valence electrons. The average Bonchev–Trinajstić information content (AvgIpc) is 3.29. The van der Waals surface area contributed by atoms with E-state index >= 15 is 0 Å². The second kappa shape index (κ2) is 14.8. The van der Waals surface area contributed by atoms with E-state index in [1.165, 1.54) is 24.3 Å². The Bertz CT molecular complexity index is 3740. The molecule has 0 spiro atoms. The van der Waals surface area contributed by atoms with Gasteiger partial charge in [-0.3, -0.25) is 19.1 Å². The van der Waals surface area contributed by atoms with Gasteiger partial charge >= 0.3 is 20.8 Å². The summed E-state index contributed by atoms with van der Waals surface area (Å²) in [7, 11) is -9.82. The third-order valence-electron chi connectivity index (χ3n) is 10.8. The minimum Gasteiger partial charge on any atom is -0.362 e. The Morgan fingerprint density at radius 3 is 0.906 bits per heavy atom. The Balaban J connectivity index is 1.05. The van der Waals surface area contributed by atoms with Crippen molar-refractivity contribution in [3.8, 4) is 56.5 Å². The van der Waals surface area contributed by atoms with Crippen molar-refractivity contribution in [2.45, 2.75) is 0 Å². The molecule has 0 amide bonds. The van der Waals surface area contributed by atoms with Crippen LogP contribution in [0.1, 0.15) is 0 Å². The van der Waals surface area contributed by atoms with Crippen molar-refractivity contribution in [3.05, 3.63) is 158 Å². The third kappa shape index (κ3) is 7.41. The molecule has 5 aromatic carbocycles. The zero-order valence-electron chi connectivity index (χ0n) is 32.9. The molecule has 0 aliphatic rings. The number of rotatable bonds is 8. The number of pyridine rings is 6. The van der Waals surface area contributed by atoms with Crippen molar-refractivity contribution in [1.29, 1.82) is 0 Å². The SMILES string of the molecule is O=S(=O)(O)Oc1cc(-c2ccc3ccc4cccnc4c3n2)cc(-c2ccc3ccc4ccc(-c5cc(OS(=O)(=O)O)cc(-c6ccc7ccc8cccnc8c7n6)c5)nc4c3n2)c1. The highest BCUT2D eigenvalue weighted by molar-refractivity contribution is 7.81. The summed E-state index contributed by atoms with van der Waals surface area (Å²) >= 11 is 0. The fraction of sp³-hybridized carbons (Fsp3) is 0. The van der Waals surface area contributed by atoms with Gasteiger partial charge in [0.1, 0.15) is 11.5 Å². The van der Waals surface area contributed by atoms with Gasteiger partial charge in [-0.1, -0.05) is 72.8 Å². The van der Waals surface area contributed by atoms with E-state index in [4.69, 9.17) is 28.3 Å². The van der Waals surface area contributed by atoms with Crippen molar-refractivity contribution >= 4 is 86.2 Å². The minimum absolute atomic E-state index is 0.165. The van der Waals surface area contributed by atoms with Crippen molar-refractivity contribution in [3.63, 3.8) is 0 Å². The summed E-state index contributed by atoms with van der Waals surface area (Å²) in [6.45, 7) is 0. The van der Waals surface area contributed by atoms with E-state index in [0.29, 0.717) is 78.1 Å². The van der Waals surface area contributed by atoms with Gasteiger partial charge in [-0.2, -0.15) is 16.8 Å². The monoisotopic (exact) mass is 880 g/mol. The second-order valence-electron chi connectivity index (χ2n) is 14.9. The summed E-state index contributed by atoms with van der Waals surface area (Å²) < 4.78 is 77.5. The molecule has 0 atom stereocenters. The molecule has 16 heteroatoms. The molecule has 6 heterocycles. The smallest absolute Gasteiger partial charge is 0.362 e. The maximum atomic E-state index is 12.0. The summed E-state index contributed by atoms with van der Waals surface area (Å²) in [5, 5.41) is 5.02. The van der Waals surface area contributed by atoms with Gasteiger partial charge in [0.15, 0.2) is 0 Å². The molecule has 0 saturated heterocycles. The molecule has 0 fully saturated rings. The van der Waals surface area contributed by atoms with E-state index in [1.807, 2.05) is 84.9 Å².